The smallest absolute Gasteiger partial charge is 0.452 e. The van der Waals surface area contributed by atoms with Gasteiger partial charge in [-0.05, 0) is 25.8 Å². The zero-order chi connectivity index (χ0) is 15.5. The summed E-state index contributed by atoms with van der Waals surface area (Å²) in [6, 6.07) is 0. The summed E-state index contributed by atoms with van der Waals surface area (Å²) in [6.07, 6.45) is 2.69. The van der Waals surface area contributed by atoms with Gasteiger partial charge in [0.05, 0.1) is 18.4 Å². The Morgan fingerprint density at radius 2 is 2.24 bits per heavy atom. The fourth-order valence-electron chi connectivity index (χ4n) is 2.55. The number of azo groups is 1. The zero-order valence-corrected chi connectivity index (χ0v) is 12.3. The Morgan fingerprint density at radius 3 is 2.90 bits per heavy atom. The Bertz CT molecular complexity index is 578. The van der Waals surface area contributed by atoms with Crippen LogP contribution in [-0.2, 0) is 26.4 Å². The van der Waals surface area contributed by atoms with Crippen LogP contribution in [0.1, 0.15) is 43.6 Å². The predicted octanol–water partition coefficient (Wildman–Crippen LogP) is 3.25. The summed E-state index contributed by atoms with van der Waals surface area (Å²) in [5.74, 6) is 0.217. The summed E-state index contributed by atoms with van der Waals surface area (Å²) >= 11 is 0. The molecule has 7 nitrogen and oxygen atoms in total. The minimum absolute atomic E-state index is 0.203. The summed E-state index contributed by atoms with van der Waals surface area (Å²) in [5.41, 5.74) is 0.189. The average molecular weight is 294 g/mol. The van der Waals surface area contributed by atoms with Crippen molar-refractivity contribution in [3.63, 3.8) is 0 Å². The maximum atomic E-state index is 11.5. The normalized spacial score (nSPS) is 21.1. The molecular formula is C14H18N2O5. The Hall–Kier alpha value is -2.18. The molecule has 0 saturated carbocycles. The number of carbonyl (C=O) groups is 2. The summed E-state index contributed by atoms with van der Waals surface area (Å²) in [7, 11) is 0. The van der Waals surface area contributed by atoms with Crippen LogP contribution >= 0.6 is 0 Å². The van der Waals surface area contributed by atoms with Crippen LogP contribution in [0.2, 0.25) is 0 Å². The molecule has 0 bridgehead atoms. The predicted molar refractivity (Wildman–Crippen MR) is 71.7 cm³/mol. The van der Waals surface area contributed by atoms with Gasteiger partial charge >= 0.3 is 12.1 Å². The third kappa shape index (κ3) is 3.12. The van der Waals surface area contributed by atoms with Gasteiger partial charge in [0.25, 0.3) is 5.72 Å². The maximum absolute atomic E-state index is 11.5. The lowest BCUT2D eigenvalue weighted by molar-refractivity contribution is -0.160. The van der Waals surface area contributed by atoms with E-state index in [0.717, 1.165) is 18.4 Å². The van der Waals surface area contributed by atoms with Crippen LogP contribution in [0, 0.1) is 6.92 Å². The molecule has 1 atom stereocenters. The number of carbonyl (C=O) groups excluding carboxylic acids is 2. The Morgan fingerprint density at radius 1 is 1.48 bits per heavy atom. The van der Waals surface area contributed by atoms with Crippen molar-refractivity contribution in [2.75, 3.05) is 6.61 Å². The van der Waals surface area contributed by atoms with Gasteiger partial charge in [-0.25, -0.2) is 4.79 Å². The van der Waals surface area contributed by atoms with Crippen molar-refractivity contribution in [1.82, 2.24) is 0 Å². The summed E-state index contributed by atoms with van der Waals surface area (Å²) in [5, 5.41) is 7.52. The molecule has 1 unspecified atom stereocenters. The number of rotatable bonds is 3. The molecule has 0 spiro atoms. The highest BCUT2D eigenvalue weighted by Gasteiger charge is 2.44. The number of furan rings is 1. The molecule has 1 aromatic heterocycles. The van der Waals surface area contributed by atoms with Crippen LogP contribution in [0.3, 0.4) is 0 Å². The van der Waals surface area contributed by atoms with E-state index < -0.39 is 17.8 Å². The van der Waals surface area contributed by atoms with Crippen molar-refractivity contribution in [3.05, 3.63) is 23.2 Å². The van der Waals surface area contributed by atoms with E-state index in [2.05, 4.69) is 10.2 Å². The number of nitrogens with zero attached hydrogens (tertiary/aromatic N) is 2. The molecule has 7 heteroatoms. The molecular weight excluding hydrogens is 276 g/mol. The Kier molecular flexibility index (Phi) is 4.40. The third-order valence-corrected chi connectivity index (χ3v) is 3.23. The number of hydrogen-bond acceptors (Lipinski definition) is 6. The van der Waals surface area contributed by atoms with Crippen LogP contribution in [0.25, 0.3) is 0 Å². The topological polar surface area (TPSA) is 90.5 Å². The lowest BCUT2D eigenvalue weighted by Crippen LogP contribution is -2.33. The Labute approximate surface area is 122 Å². The van der Waals surface area contributed by atoms with Crippen LogP contribution in [0.4, 0.5) is 4.79 Å². The minimum Gasteiger partial charge on any atom is -0.469 e. The standard InChI is InChI=1S/C14H18N2O5/c1-4-19-13(18)15-16-14(21-10(3)17)7-5-6-11-12(14)9(2)8-20-11/h8H,4-7H2,1-3H3/b16-15+. The monoisotopic (exact) mass is 294 g/mol. The molecule has 114 valence electrons. The van der Waals surface area contributed by atoms with Gasteiger partial charge in [0, 0.05) is 19.8 Å². The first-order chi connectivity index (χ1) is 9.98. The van der Waals surface area contributed by atoms with Crippen LogP contribution in [0.5, 0.6) is 0 Å². The molecule has 0 fully saturated rings. The fourth-order valence-corrected chi connectivity index (χ4v) is 2.55. The van der Waals surface area contributed by atoms with E-state index >= 15 is 0 Å². The molecule has 1 amide bonds. The summed E-state index contributed by atoms with van der Waals surface area (Å²) < 4.78 is 15.6. The summed E-state index contributed by atoms with van der Waals surface area (Å²) in [6.45, 7) is 5.01. The van der Waals surface area contributed by atoms with Gasteiger partial charge in [0.1, 0.15) is 5.76 Å². The van der Waals surface area contributed by atoms with Crippen molar-refractivity contribution < 1.29 is 23.5 Å². The Balaban J connectivity index is 2.41. The van der Waals surface area contributed by atoms with Gasteiger partial charge in [0.2, 0.25) is 0 Å². The largest absolute Gasteiger partial charge is 0.469 e. The summed E-state index contributed by atoms with van der Waals surface area (Å²) in [4.78, 5) is 22.9. The lowest BCUT2D eigenvalue weighted by Gasteiger charge is -2.31. The fraction of sp³-hybridized carbons (Fsp3) is 0.571. The van der Waals surface area contributed by atoms with Crippen molar-refractivity contribution in [1.29, 1.82) is 0 Å². The molecule has 2 rings (SSSR count). The average Bonchev–Trinajstić information content (AvgIpc) is 2.80. The van der Waals surface area contributed by atoms with E-state index in [1.54, 1.807) is 13.2 Å². The number of hydrogen-bond donors (Lipinski definition) is 0. The van der Waals surface area contributed by atoms with Gasteiger partial charge in [-0.3, -0.25) is 4.79 Å². The zero-order valence-electron chi connectivity index (χ0n) is 12.3. The van der Waals surface area contributed by atoms with Gasteiger partial charge in [-0.15, -0.1) is 5.11 Å². The molecule has 0 aromatic carbocycles. The van der Waals surface area contributed by atoms with Gasteiger partial charge in [-0.1, -0.05) is 5.11 Å². The number of amides is 1. The SMILES string of the molecule is CCOC(=O)/N=N/C1(OC(C)=O)CCCc2occ(C)c21. The molecule has 0 N–H and O–H groups in total. The van der Waals surface area contributed by atoms with E-state index in [1.165, 1.54) is 6.92 Å². The van der Waals surface area contributed by atoms with Crippen molar-refractivity contribution in [2.24, 2.45) is 10.2 Å². The van der Waals surface area contributed by atoms with Crippen molar-refractivity contribution in [3.8, 4) is 0 Å². The molecule has 1 heterocycles. The number of fused-ring (bicyclic) bond motifs is 1. The number of esters is 1. The van der Waals surface area contributed by atoms with E-state index in [-0.39, 0.29) is 6.61 Å². The number of ether oxygens (including phenoxy) is 2. The van der Waals surface area contributed by atoms with E-state index in [9.17, 15) is 9.59 Å². The first-order valence-electron chi connectivity index (χ1n) is 6.85. The molecule has 1 aromatic rings. The molecule has 0 aliphatic heterocycles. The second kappa shape index (κ2) is 6.07. The molecule has 0 radical (unpaired) electrons. The molecule has 21 heavy (non-hydrogen) atoms. The minimum atomic E-state index is -1.30. The van der Waals surface area contributed by atoms with Crippen LogP contribution in [-0.4, -0.2) is 18.7 Å². The highest BCUT2D eigenvalue weighted by atomic mass is 16.6. The van der Waals surface area contributed by atoms with Gasteiger partial charge in [0.15, 0.2) is 0 Å². The van der Waals surface area contributed by atoms with E-state index in [4.69, 9.17) is 13.9 Å². The molecule has 1 aliphatic carbocycles. The second-order valence-electron chi connectivity index (χ2n) is 4.85. The second-order valence-corrected chi connectivity index (χ2v) is 4.85. The first kappa shape index (κ1) is 15.2. The maximum Gasteiger partial charge on any atom is 0.452 e. The highest BCUT2D eigenvalue weighted by Crippen LogP contribution is 2.42. The van der Waals surface area contributed by atoms with Crippen molar-refractivity contribution in [2.45, 2.75) is 45.8 Å². The van der Waals surface area contributed by atoms with Crippen LogP contribution in [0.15, 0.2) is 20.9 Å². The van der Waals surface area contributed by atoms with Gasteiger partial charge < -0.3 is 13.9 Å². The van der Waals surface area contributed by atoms with E-state index in [1.807, 2.05) is 6.92 Å². The number of aryl methyl sites for hydroxylation is 2. The third-order valence-electron chi connectivity index (χ3n) is 3.23. The van der Waals surface area contributed by atoms with Crippen LogP contribution < -0.4 is 0 Å². The molecule has 1 aliphatic rings. The quantitative estimate of drug-likeness (QED) is 0.630. The van der Waals surface area contributed by atoms with Gasteiger partial charge in [-0.2, -0.15) is 0 Å². The highest BCUT2D eigenvalue weighted by molar-refractivity contribution is 5.68. The van der Waals surface area contributed by atoms with E-state index in [0.29, 0.717) is 17.7 Å². The lowest BCUT2D eigenvalue weighted by atomic mass is 9.88. The molecule has 0 saturated heterocycles. The first-order valence-corrected chi connectivity index (χ1v) is 6.85. The van der Waals surface area contributed by atoms with Crippen molar-refractivity contribution >= 4 is 12.1 Å².